The second kappa shape index (κ2) is 45.0. The van der Waals surface area contributed by atoms with E-state index in [4.69, 9.17) is 66.3 Å². The molecule has 10 rings (SSSR count). The van der Waals surface area contributed by atoms with E-state index < -0.39 is 173 Å². The number of hydrogen-bond acceptors (Lipinski definition) is 26. The monoisotopic (exact) mass is 1760 g/mol. The molecule has 127 heavy (non-hydrogen) atoms. The van der Waals surface area contributed by atoms with E-state index in [1.165, 1.54) is 33.5 Å². The van der Waals surface area contributed by atoms with Gasteiger partial charge in [0.1, 0.15) is 29.0 Å². The molecule has 0 aromatic heterocycles. The van der Waals surface area contributed by atoms with Gasteiger partial charge in [-0.05, 0) is 207 Å². The number of aliphatic hydroxyl groups is 3. The number of likely N-dealkylation sites (N-methyl/N-ethyl adjacent to an activating group) is 2. The number of Topliss-reactive ketones (excluding diaryl/α,β-unsaturated/α-hetero) is 2. The van der Waals surface area contributed by atoms with Crippen LogP contribution in [0.3, 0.4) is 0 Å². The van der Waals surface area contributed by atoms with E-state index in [0.717, 1.165) is 11.1 Å². The number of rotatable bonds is 23. The van der Waals surface area contributed by atoms with Crippen molar-refractivity contribution in [3.05, 3.63) is 203 Å². The fourth-order valence-electron chi connectivity index (χ4n) is 19.1. The summed E-state index contributed by atoms with van der Waals surface area (Å²) in [6, 6.07) is 44.1. The van der Waals surface area contributed by atoms with E-state index in [1.54, 1.807) is 135 Å². The highest BCUT2D eigenvalue weighted by atomic mass is 16.7. The van der Waals surface area contributed by atoms with E-state index in [0.29, 0.717) is 40.7 Å². The second-order valence-corrected chi connectivity index (χ2v) is 36.9. The van der Waals surface area contributed by atoms with Crippen LogP contribution < -0.4 is 0 Å². The number of carbonyl (C=O) groups excluding carboxylic acids is 7. The maximum absolute atomic E-state index is 15.1. The first-order valence-corrected chi connectivity index (χ1v) is 44.8. The molecule has 28 atom stereocenters. The Bertz CT molecular complexity index is 4460. The average Bonchev–Trinajstić information content (AvgIpc) is 0.774. The lowest BCUT2D eigenvalue weighted by atomic mass is 9.75. The summed E-state index contributed by atoms with van der Waals surface area (Å²) in [6.07, 6.45) is -8.99. The number of aliphatic hydroxyl groups excluding tert-OH is 1. The summed E-state index contributed by atoms with van der Waals surface area (Å²) in [7, 11) is 12.2. The van der Waals surface area contributed by atoms with Crippen molar-refractivity contribution in [3.8, 4) is 0 Å². The summed E-state index contributed by atoms with van der Waals surface area (Å²) < 4.78 is 90.9. The van der Waals surface area contributed by atoms with Crippen molar-refractivity contribution in [2.75, 3.05) is 49.5 Å². The van der Waals surface area contributed by atoms with Crippen molar-refractivity contribution < 1.29 is 115 Å². The first-order chi connectivity index (χ1) is 60.0. The van der Waals surface area contributed by atoms with Crippen LogP contribution in [0.1, 0.15) is 198 Å². The van der Waals surface area contributed by atoms with Crippen LogP contribution in [0.2, 0.25) is 0 Å². The smallest absolute Gasteiger partial charge is 0.338 e. The van der Waals surface area contributed by atoms with Crippen LogP contribution in [0.15, 0.2) is 175 Å². The van der Waals surface area contributed by atoms with Crippen LogP contribution in [0.25, 0.3) is 0 Å². The topological polar surface area (TPSA) is 316 Å². The van der Waals surface area contributed by atoms with Crippen molar-refractivity contribution in [1.29, 1.82) is 0 Å². The van der Waals surface area contributed by atoms with E-state index in [-0.39, 0.29) is 80.8 Å². The summed E-state index contributed by atoms with van der Waals surface area (Å²) in [5.41, 5.74) is -3.94. The zero-order chi connectivity index (χ0) is 93.4. The zero-order valence-corrected chi connectivity index (χ0v) is 78.5. The third-order valence-electron chi connectivity index (χ3n) is 26.5. The fourth-order valence-corrected chi connectivity index (χ4v) is 19.1. The molecule has 5 aromatic carbocycles. The molecule has 3 saturated heterocycles. The fraction of sp³-hybridized carbons (Fsp3) is 0.594. The molecule has 0 saturated carbocycles. The average molecular weight is 1770 g/mol. The largest absolute Gasteiger partial charge is 0.459 e. The van der Waals surface area contributed by atoms with E-state index in [2.05, 4.69) is 0 Å². The van der Waals surface area contributed by atoms with E-state index in [1.807, 2.05) is 165 Å². The minimum atomic E-state index is -1.80. The first-order valence-electron chi connectivity index (χ1n) is 44.8. The van der Waals surface area contributed by atoms with Gasteiger partial charge in [-0.3, -0.25) is 19.2 Å². The number of ketones is 2. The van der Waals surface area contributed by atoms with Crippen molar-refractivity contribution in [2.45, 2.75) is 301 Å². The van der Waals surface area contributed by atoms with Crippen LogP contribution >= 0.6 is 0 Å². The lowest BCUT2D eigenvalue weighted by Crippen LogP contribution is -2.61. The van der Waals surface area contributed by atoms with E-state index in [9.17, 15) is 44.1 Å². The summed E-state index contributed by atoms with van der Waals surface area (Å²) in [4.78, 5) is 103. The van der Waals surface area contributed by atoms with Crippen LogP contribution in [-0.2, 0) is 98.3 Å². The molecule has 0 aliphatic carbocycles. The highest BCUT2D eigenvalue weighted by Gasteiger charge is 2.57. The molecular formula is C101H140N2O24. The van der Waals surface area contributed by atoms with Crippen LogP contribution in [0.4, 0.5) is 0 Å². The molecule has 5 heterocycles. The molecule has 0 radical (unpaired) electrons. The molecule has 0 amide bonds. The van der Waals surface area contributed by atoms with Gasteiger partial charge in [-0.15, -0.1) is 0 Å². The Morgan fingerprint density at radius 1 is 0.441 bits per heavy atom. The molecule has 5 aliphatic heterocycles. The van der Waals surface area contributed by atoms with Gasteiger partial charge in [-0.25, -0.2) is 14.4 Å². The van der Waals surface area contributed by atoms with Crippen LogP contribution in [-0.4, -0.2) is 248 Å². The van der Waals surface area contributed by atoms with Gasteiger partial charge in [-0.1, -0.05) is 157 Å². The van der Waals surface area contributed by atoms with Gasteiger partial charge >= 0.3 is 29.8 Å². The van der Waals surface area contributed by atoms with Gasteiger partial charge in [0, 0.05) is 64.3 Å². The number of methoxy groups -OCH3 is 3. The number of cyclic esters (lactones) is 2. The molecule has 5 aliphatic rings. The number of hydrogen-bond donors (Lipinski definition) is 3. The van der Waals surface area contributed by atoms with E-state index >= 15 is 4.79 Å². The SMILES string of the molecule is CC[C@H]1OC(=O)[C@H](C)[C@@H](O)[C@H](C)[C@@H](OC2O[C@H](C)C[C@H](N(C)C)[C@H]2OC(=O)c2ccccc2)[C@@](C)(OC)C[C@@H](C)C(=O)/C(C)=C/[C@@]1(O)Cc1ccccc1.CC[C@H]1OC(=O)[C@H](C)[C@@H](OC2C[C@@](C)(OC)[C@@H](OC(=O)c3ccccc3)[C@H](C)O2)[C@H](C)[C@@H](OC2O[C@H](C)C[C@H](N(C)C)[C@H]2OC(=O)c2ccccc2)[C@@](C)(OC)C[C@@H](C)C(=O)/C(C)=C/[C@@]1(O)Cc1ccccc1. The zero-order valence-electron chi connectivity index (χ0n) is 78.5. The molecule has 5 aromatic rings. The van der Waals surface area contributed by atoms with Gasteiger partial charge < -0.3 is 91.4 Å². The van der Waals surface area contributed by atoms with Gasteiger partial charge in [0.15, 0.2) is 48.7 Å². The van der Waals surface area contributed by atoms with Crippen LogP contribution in [0, 0.1) is 35.5 Å². The molecule has 0 bridgehead atoms. The Kier molecular flexibility index (Phi) is 36.3. The lowest BCUT2D eigenvalue weighted by Gasteiger charge is -2.50. The van der Waals surface area contributed by atoms with Crippen molar-refractivity contribution in [3.63, 3.8) is 0 Å². The maximum Gasteiger partial charge on any atom is 0.338 e. The number of benzene rings is 5. The van der Waals surface area contributed by atoms with Gasteiger partial charge in [-0.2, -0.15) is 0 Å². The van der Waals surface area contributed by atoms with Crippen molar-refractivity contribution >= 4 is 41.4 Å². The highest BCUT2D eigenvalue weighted by molar-refractivity contribution is 5.97. The Morgan fingerprint density at radius 3 is 1.13 bits per heavy atom. The standard InChI is InChI=1S/C58H79NO14.C43H61NO10/c1-14-45-58(64,33-41-24-18-15-19-25-41)32-36(3)47(60)35(2)31-56(8,65-12)50(73-55-49(44(59(10)11)30-37(4)67-55)71-53(62)42-26-20-16-21-27-42)38(5)48(39(6)52(61)69-45)70-46-34-57(9,66-13)51(40(7)68-46)72-54(63)43-28-22-17-23-29-43;1-11-34-43(49,25-31-18-14-12-15-19-31)24-27(3)35(45)26(2)23-42(7,50-10)38(29(5)36(46)30(6)39(47)52-34)54-41-37(33(44(8)9)22-28(4)51-41)53-40(48)32-20-16-13-17-21-32/h15-29,32,35,37-40,44-46,48-51,55,64H,14,30-31,33-34H2,1-13H3;12-21,24,26,28-30,33-34,36-38,41,46,49H,11,22-23,25H2,1-10H3/b36-32+;27-24+/t35-,37-,38+,39-,40+,44+,45-,46?,48+,49-,50-,51+,55?,56+,57-,58-;26-,28-,29+,30-,33+,34-,36+,37-,38-,41?,42+,43-/m11/s1. The quantitative estimate of drug-likeness (QED) is 0.0404. The Labute approximate surface area is 751 Å². The minimum Gasteiger partial charge on any atom is -0.459 e. The molecule has 698 valence electrons. The predicted molar refractivity (Wildman–Crippen MR) is 478 cm³/mol. The van der Waals surface area contributed by atoms with Gasteiger partial charge in [0.25, 0.3) is 0 Å². The lowest BCUT2D eigenvalue weighted by molar-refractivity contribution is -0.318. The molecule has 26 heteroatoms. The third-order valence-corrected chi connectivity index (χ3v) is 26.5. The Hall–Kier alpha value is -8.29. The predicted octanol–water partition coefficient (Wildman–Crippen LogP) is 13.9. The molecule has 3 N–H and O–H groups in total. The van der Waals surface area contributed by atoms with Gasteiger partial charge in [0.2, 0.25) is 0 Å². The summed E-state index contributed by atoms with van der Waals surface area (Å²) in [5.74, 6) is -8.59. The Balaban J connectivity index is 0.000000300. The maximum atomic E-state index is 15.1. The van der Waals surface area contributed by atoms with Crippen molar-refractivity contribution in [1.82, 2.24) is 9.80 Å². The van der Waals surface area contributed by atoms with Gasteiger partial charge in [0.05, 0.1) is 94.5 Å². The molecule has 26 nitrogen and oxygen atoms in total. The molecule has 3 fully saturated rings. The number of esters is 5. The highest BCUT2D eigenvalue weighted by Crippen LogP contribution is 2.45. The summed E-state index contributed by atoms with van der Waals surface area (Å²) in [6.45, 7) is 28.5. The van der Waals surface area contributed by atoms with Crippen molar-refractivity contribution in [2.24, 2.45) is 35.5 Å². The number of allylic oxidation sites excluding steroid dienone is 2. The third kappa shape index (κ3) is 25.3. The second-order valence-electron chi connectivity index (χ2n) is 36.9. The minimum absolute atomic E-state index is 0.0538. The number of ether oxygens (including phenoxy) is 14. The Morgan fingerprint density at radius 2 is 0.780 bits per heavy atom. The first kappa shape index (κ1) is 102. The molecule has 3 unspecified atom stereocenters. The summed E-state index contributed by atoms with van der Waals surface area (Å²) >= 11 is 0. The number of carbonyl (C=O) groups is 7. The number of nitrogens with zero attached hydrogens (tertiary/aromatic N) is 2. The summed E-state index contributed by atoms with van der Waals surface area (Å²) in [5, 5.41) is 37.0. The molecule has 0 spiro atoms. The normalized spacial score (nSPS) is 36.6. The van der Waals surface area contributed by atoms with Crippen LogP contribution in [0.5, 0.6) is 0 Å². The molecular weight excluding hydrogens is 1630 g/mol.